The van der Waals surface area contributed by atoms with E-state index in [9.17, 15) is 9.59 Å². The first-order valence-electron chi connectivity index (χ1n) is 8.20. The average molecular weight is 351 g/mol. The van der Waals surface area contributed by atoms with Crippen molar-refractivity contribution in [1.29, 1.82) is 0 Å². The largest absolute Gasteiger partial charge is 0.398 e. The molecule has 0 unspecified atom stereocenters. The zero-order chi connectivity index (χ0) is 18.9. The van der Waals surface area contributed by atoms with Gasteiger partial charge in [-0.05, 0) is 23.8 Å². The van der Waals surface area contributed by atoms with Crippen molar-refractivity contribution in [2.75, 3.05) is 5.73 Å². The highest BCUT2D eigenvalue weighted by Crippen LogP contribution is 2.22. The third-order valence-corrected chi connectivity index (χ3v) is 3.98. The number of imidazole rings is 1. The third kappa shape index (κ3) is 3.51. The van der Waals surface area contributed by atoms with Gasteiger partial charge >= 0.3 is 0 Å². The van der Waals surface area contributed by atoms with Gasteiger partial charge in [-0.25, -0.2) is 4.98 Å². The van der Waals surface area contributed by atoms with Crippen molar-refractivity contribution in [3.8, 4) is 0 Å². The van der Waals surface area contributed by atoms with Crippen LogP contribution in [-0.4, -0.2) is 19.9 Å². The van der Waals surface area contributed by atoms with Crippen molar-refractivity contribution >= 4 is 17.8 Å². The minimum atomic E-state index is -0.410. The summed E-state index contributed by atoms with van der Waals surface area (Å²) in [5, 5.41) is 0.286. The van der Waals surface area contributed by atoms with Crippen molar-refractivity contribution in [2.24, 2.45) is 0 Å². The number of H-pyrrole nitrogens is 3. The van der Waals surface area contributed by atoms with Crippen molar-refractivity contribution in [2.45, 2.75) is 26.2 Å². The molecule has 0 bridgehead atoms. The lowest BCUT2D eigenvalue weighted by atomic mass is 9.90. The molecule has 0 aliphatic heterocycles. The van der Waals surface area contributed by atoms with Crippen LogP contribution in [0.3, 0.4) is 0 Å². The van der Waals surface area contributed by atoms with Crippen LogP contribution in [0.25, 0.3) is 12.2 Å². The standard InChI is InChI=1S/C19H21N5O2/c1-19(2,3)16-13(21-10-22-16)9-15-18(26)23-14(17(25)24-15)8-11-6-4-5-7-12(11)20/h4-10H,20H2,1-3H3,(H,21,22)(H,23,26)(H,24,25)/b14-8-,15-9-. The second kappa shape index (κ2) is 6.51. The maximum absolute atomic E-state index is 12.4. The summed E-state index contributed by atoms with van der Waals surface area (Å²) in [7, 11) is 0. The lowest BCUT2D eigenvalue weighted by molar-refractivity contribution is 0.571. The number of nitrogen functional groups attached to an aromatic ring is 1. The van der Waals surface area contributed by atoms with Gasteiger partial charge < -0.3 is 20.7 Å². The maximum atomic E-state index is 12.4. The van der Waals surface area contributed by atoms with Crippen LogP contribution in [0.2, 0.25) is 0 Å². The van der Waals surface area contributed by atoms with Crippen LogP contribution < -0.4 is 27.6 Å². The zero-order valence-corrected chi connectivity index (χ0v) is 14.9. The van der Waals surface area contributed by atoms with Gasteiger partial charge in [0.25, 0.3) is 11.1 Å². The van der Waals surface area contributed by atoms with Gasteiger partial charge in [0.1, 0.15) is 10.7 Å². The van der Waals surface area contributed by atoms with E-state index in [-0.39, 0.29) is 16.1 Å². The Bertz CT molecular complexity index is 1180. The highest BCUT2D eigenvalue weighted by Gasteiger charge is 2.19. The molecule has 7 heteroatoms. The van der Waals surface area contributed by atoms with Crippen molar-refractivity contribution in [1.82, 2.24) is 19.9 Å². The first-order valence-corrected chi connectivity index (χ1v) is 8.20. The van der Waals surface area contributed by atoms with Crippen LogP contribution in [0.1, 0.15) is 37.7 Å². The van der Waals surface area contributed by atoms with E-state index in [2.05, 4.69) is 19.9 Å². The van der Waals surface area contributed by atoms with Crippen LogP contribution in [0, 0.1) is 0 Å². The minimum Gasteiger partial charge on any atom is -0.398 e. The molecule has 2 heterocycles. The quantitative estimate of drug-likeness (QED) is 0.497. The number of hydrogen-bond acceptors (Lipinski definition) is 4. The molecule has 0 atom stereocenters. The smallest absolute Gasteiger partial charge is 0.272 e. The van der Waals surface area contributed by atoms with Gasteiger partial charge in [0.2, 0.25) is 0 Å². The number of para-hydroxylation sites is 1. The molecule has 26 heavy (non-hydrogen) atoms. The summed E-state index contributed by atoms with van der Waals surface area (Å²) in [5.74, 6) is 0. The summed E-state index contributed by atoms with van der Waals surface area (Å²) < 4.78 is 0. The molecular weight excluding hydrogens is 330 g/mol. The van der Waals surface area contributed by atoms with Gasteiger partial charge in [0.15, 0.2) is 0 Å². The number of hydrogen-bond donors (Lipinski definition) is 4. The number of nitrogens with zero attached hydrogens (tertiary/aromatic N) is 1. The van der Waals surface area contributed by atoms with Crippen LogP contribution in [0.15, 0.2) is 40.2 Å². The fourth-order valence-corrected chi connectivity index (χ4v) is 2.65. The molecule has 0 aliphatic carbocycles. The van der Waals surface area contributed by atoms with Crippen molar-refractivity contribution in [3.63, 3.8) is 0 Å². The highest BCUT2D eigenvalue weighted by molar-refractivity contribution is 5.63. The molecule has 0 radical (unpaired) electrons. The summed E-state index contributed by atoms with van der Waals surface area (Å²) in [6, 6.07) is 7.11. The van der Waals surface area contributed by atoms with E-state index in [1.54, 1.807) is 36.7 Å². The first kappa shape index (κ1) is 17.5. The summed E-state index contributed by atoms with van der Waals surface area (Å²) in [6.07, 6.45) is 4.69. The number of anilines is 1. The number of rotatable bonds is 2. The molecule has 3 aromatic rings. The minimum absolute atomic E-state index is 0.142. The SMILES string of the molecule is CC(C)(C)c1[nH]cnc1/C=c1\[nH]c(=O)/c(=C/c2ccccc2N)[nH]c1=O. The monoisotopic (exact) mass is 351 g/mol. The number of nitrogens with two attached hydrogens (primary N) is 1. The molecule has 5 N–H and O–H groups in total. The van der Waals surface area contributed by atoms with Crippen LogP contribution in [0.4, 0.5) is 5.69 Å². The molecule has 2 aromatic heterocycles. The van der Waals surface area contributed by atoms with Crippen molar-refractivity contribution < 1.29 is 0 Å². The number of aromatic amines is 3. The molecule has 0 aliphatic rings. The average Bonchev–Trinajstić information content (AvgIpc) is 3.03. The van der Waals surface area contributed by atoms with Gasteiger partial charge in [-0.15, -0.1) is 0 Å². The van der Waals surface area contributed by atoms with E-state index >= 15 is 0 Å². The lowest BCUT2D eigenvalue weighted by Crippen LogP contribution is -2.46. The van der Waals surface area contributed by atoms with Crippen LogP contribution in [0.5, 0.6) is 0 Å². The Morgan fingerprint density at radius 2 is 1.62 bits per heavy atom. The molecule has 3 rings (SSSR count). The second-order valence-electron chi connectivity index (χ2n) is 7.07. The fraction of sp³-hybridized carbons (Fsp3) is 0.211. The van der Waals surface area contributed by atoms with Gasteiger partial charge in [-0.2, -0.15) is 0 Å². The van der Waals surface area contributed by atoms with E-state index in [4.69, 9.17) is 5.73 Å². The topological polar surface area (TPSA) is 120 Å². The van der Waals surface area contributed by atoms with Crippen LogP contribution >= 0.6 is 0 Å². The molecule has 1 aromatic carbocycles. The van der Waals surface area contributed by atoms with E-state index in [0.29, 0.717) is 16.9 Å². The molecule has 0 amide bonds. The molecule has 7 nitrogen and oxygen atoms in total. The normalized spacial score (nSPS) is 13.3. The first-order chi connectivity index (χ1) is 12.3. The Morgan fingerprint density at radius 1 is 1.00 bits per heavy atom. The van der Waals surface area contributed by atoms with E-state index < -0.39 is 11.1 Å². The predicted octanol–water partition coefficient (Wildman–Crippen LogP) is 0.324. The zero-order valence-electron chi connectivity index (χ0n) is 14.9. The summed E-state index contributed by atoms with van der Waals surface area (Å²) in [5.41, 5.74) is 7.57. The second-order valence-corrected chi connectivity index (χ2v) is 7.07. The Kier molecular flexibility index (Phi) is 4.38. The summed E-state index contributed by atoms with van der Waals surface area (Å²) >= 11 is 0. The molecule has 0 saturated carbocycles. The summed E-state index contributed by atoms with van der Waals surface area (Å²) in [4.78, 5) is 37.3. The van der Waals surface area contributed by atoms with Crippen molar-refractivity contribution in [3.05, 3.63) is 78.9 Å². The molecule has 134 valence electrons. The van der Waals surface area contributed by atoms with E-state index in [1.807, 2.05) is 26.8 Å². The number of nitrogens with one attached hydrogen (secondary N) is 3. The Morgan fingerprint density at radius 3 is 2.23 bits per heavy atom. The summed E-state index contributed by atoms with van der Waals surface area (Å²) in [6.45, 7) is 6.10. The van der Waals surface area contributed by atoms with Gasteiger partial charge in [0, 0.05) is 16.8 Å². The van der Waals surface area contributed by atoms with Gasteiger partial charge in [-0.3, -0.25) is 9.59 Å². The van der Waals surface area contributed by atoms with E-state index in [1.165, 1.54) is 0 Å². The Labute approximate surface area is 149 Å². The fourth-order valence-electron chi connectivity index (χ4n) is 2.65. The predicted molar refractivity (Wildman–Crippen MR) is 102 cm³/mol. The van der Waals surface area contributed by atoms with Crippen LogP contribution in [-0.2, 0) is 5.41 Å². The van der Waals surface area contributed by atoms with Gasteiger partial charge in [0.05, 0.1) is 12.0 Å². The lowest BCUT2D eigenvalue weighted by Gasteiger charge is -2.16. The molecule has 0 fully saturated rings. The molecule has 0 saturated heterocycles. The number of benzene rings is 1. The highest BCUT2D eigenvalue weighted by atomic mass is 16.1. The molecule has 0 spiro atoms. The van der Waals surface area contributed by atoms with Gasteiger partial charge in [-0.1, -0.05) is 39.0 Å². The Hall–Kier alpha value is -3.35. The number of aromatic nitrogens is 4. The Balaban J connectivity index is 2.16. The molecular formula is C19H21N5O2. The van der Waals surface area contributed by atoms with E-state index in [0.717, 1.165) is 5.69 Å². The third-order valence-electron chi connectivity index (χ3n) is 3.98. The maximum Gasteiger partial charge on any atom is 0.272 e.